The number of carbonyl (C=O) groups excluding carboxylic acids is 1. The van der Waals surface area contributed by atoms with Crippen LogP contribution in [-0.2, 0) is 17.8 Å². The van der Waals surface area contributed by atoms with Gasteiger partial charge in [0.05, 0.1) is 7.11 Å². The average molecular weight is 264 g/mol. The van der Waals surface area contributed by atoms with Crippen LogP contribution in [0, 0.1) is 0 Å². The summed E-state index contributed by atoms with van der Waals surface area (Å²) in [5, 5.41) is 0. The second kappa shape index (κ2) is 7.14. The first kappa shape index (κ1) is 15.5. The van der Waals surface area contributed by atoms with Crippen molar-refractivity contribution in [3.05, 3.63) is 29.3 Å². The Labute approximate surface area is 115 Å². The minimum absolute atomic E-state index is 0.0730. The molecule has 4 nitrogen and oxygen atoms in total. The molecule has 1 rings (SSSR count). The normalized spacial score (nSPS) is 12.1. The minimum Gasteiger partial charge on any atom is -0.496 e. The molecule has 0 spiro atoms. The fraction of sp³-hybridized carbons (Fsp3) is 0.533. The van der Waals surface area contributed by atoms with Gasteiger partial charge in [-0.3, -0.25) is 4.79 Å². The van der Waals surface area contributed by atoms with Crippen LogP contribution in [0.15, 0.2) is 18.2 Å². The number of carbonyl (C=O) groups is 1. The van der Waals surface area contributed by atoms with Crippen LogP contribution in [0.2, 0.25) is 0 Å². The molecule has 0 aliphatic rings. The van der Waals surface area contributed by atoms with E-state index in [0.29, 0.717) is 13.0 Å². The predicted octanol–water partition coefficient (Wildman–Crippen LogP) is 1.95. The Morgan fingerprint density at radius 2 is 2.16 bits per heavy atom. The zero-order chi connectivity index (χ0) is 14.4. The SMILES string of the molecule is CCc1cc(CN(C)C(=O)CC(C)N)ccc1OC. The predicted molar refractivity (Wildman–Crippen MR) is 77.1 cm³/mol. The van der Waals surface area contributed by atoms with E-state index in [1.54, 1.807) is 19.1 Å². The van der Waals surface area contributed by atoms with Gasteiger partial charge < -0.3 is 15.4 Å². The molecule has 1 atom stereocenters. The summed E-state index contributed by atoms with van der Waals surface area (Å²) in [5.74, 6) is 0.972. The van der Waals surface area contributed by atoms with Crippen LogP contribution in [0.25, 0.3) is 0 Å². The van der Waals surface area contributed by atoms with Crippen LogP contribution in [0.4, 0.5) is 0 Å². The maximum absolute atomic E-state index is 11.9. The van der Waals surface area contributed by atoms with E-state index in [1.165, 1.54) is 0 Å². The first-order chi connectivity index (χ1) is 8.97. The topological polar surface area (TPSA) is 55.6 Å². The summed E-state index contributed by atoms with van der Waals surface area (Å²) >= 11 is 0. The van der Waals surface area contributed by atoms with Crippen molar-refractivity contribution in [2.24, 2.45) is 5.73 Å². The van der Waals surface area contributed by atoms with Crippen LogP contribution in [0.3, 0.4) is 0 Å². The maximum Gasteiger partial charge on any atom is 0.224 e. The van der Waals surface area contributed by atoms with Crippen molar-refractivity contribution >= 4 is 5.91 Å². The van der Waals surface area contributed by atoms with Gasteiger partial charge in [0.1, 0.15) is 5.75 Å². The highest BCUT2D eigenvalue weighted by molar-refractivity contribution is 5.76. The first-order valence-corrected chi connectivity index (χ1v) is 6.63. The molecule has 1 aromatic rings. The third-order valence-corrected chi connectivity index (χ3v) is 3.07. The molecule has 0 radical (unpaired) electrons. The summed E-state index contributed by atoms with van der Waals surface area (Å²) in [6, 6.07) is 5.94. The Balaban J connectivity index is 2.74. The Morgan fingerprint density at radius 3 is 2.68 bits per heavy atom. The molecule has 0 bridgehead atoms. The van der Waals surface area contributed by atoms with E-state index in [9.17, 15) is 4.79 Å². The van der Waals surface area contributed by atoms with E-state index in [2.05, 4.69) is 13.0 Å². The summed E-state index contributed by atoms with van der Waals surface area (Å²) in [4.78, 5) is 13.6. The smallest absolute Gasteiger partial charge is 0.224 e. The molecule has 0 fully saturated rings. The summed E-state index contributed by atoms with van der Waals surface area (Å²) in [7, 11) is 3.48. The number of aryl methyl sites for hydroxylation is 1. The first-order valence-electron chi connectivity index (χ1n) is 6.63. The molecule has 2 N–H and O–H groups in total. The molecule has 1 unspecified atom stereocenters. The molecular formula is C15H24N2O2. The maximum atomic E-state index is 11.9. The summed E-state index contributed by atoms with van der Waals surface area (Å²) in [6.07, 6.45) is 1.29. The van der Waals surface area contributed by atoms with Gasteiger partial charge in [-0.25, -0.2) is 0 Å². The van der Waals surface area contributed by atoms with Crippen molar-refractivity contribution in [1.82, 2.24) is 4.90 Å². The Kier molecular flexibility index (Phi) is 5.83. The van der Waals surface area contributed by atoms with Crippen molar-refractivity contribution in [1.29, 1.82) is 0 Å². The Morgan fingerprint density at radius 1 is 1.47 bits per heavy atom. The van der Waals surface area contributed by atoms with Crippen molar-refractivity contribution in [2.75, 3.05) is 14.2 Å². The summed E-state index contributed by atoms with van der Waals surface area (Å²) in [6.45, 7) is 4.53. The van der Waals surface area contributed by atoms with E-state index in [-0.39, 0.29) is 11.9 Å². The number of ether oxygens (including phenoxy) is 1. The number of nitrogens with zero attached hydrogens (tertiary/aromatic N) is 1. The van der Waals surface area contributed by atoms with Gasteiger partial charge in [-0.2, -0.15) is 0 Å². The molecule has 0 heterocycles. The van der Waals surface area contributed by atoms with Crippen molar-refractivity contribution in [3.63, 3.8) is 0 Å². The highest BCUT2D eigenvalue weighted by atomic mass is 16.5. The monoisotopic (exact) mass is 264 g/mol. The fourth-order valence-corrected chi connectivity index (χ4v) is 2.00. The number of benzene rings is 1. The van der Waals surface area contributed by atoms with Crippen LogP contribution in [0.5, 0.6) is 5.75 Å². The molecule has 0 aliphatic carbocycles. The van der Waals surface area contributed by atoms with E-state index in [4.69, 9.17) is 10.5 Å². The number of hydrogen-bond acceptors (Lipinski definition) is 3. The van der Waals surface area contributed by atoms with Crippen LogP contribution in [-0.4, -0.2) is 31.0 Å². The molecule has 0 aromatic heterocycles. The van der Waals surface area contributed by atoms with Crippen LogP contribution in [0.1, 0.15) is 31.4 Å². The highest BCUT2D eigenvalue weighted by Crippen LogP contribution is 2.21. The molecule has 0 saturated carbocycles. The molecule has 19 heavy (non-hydrogen) atoms. The van der Waals surface area contributed by atoms with E-state index in [0.717, 1.165) is 23.3 Å². The minimum atomic E-state index is -0.1000. The average Bonchev–Trinajstić information content (AvgIpc) is 2.37. The number of methoxy groups -OCH3 is 1. The van der Waals surface area contributed by atoms with Crippen molar-refractivity contribution in [3.8, 4) is 5.75 Å². The molecular weight excluding hydrogens is 240 g/mol. The third-order valence-electron chi connectivity index (χ3n) is 3.07. The molecule has 106 valence electrons. The van der Waals surface area contributed by atoms with E-state index in [1.807, 2.05) is 19.1 Å². The molecule has 4 heteroatoms. The highest BCUT2D eigenvalue weighted by Gasteiger charge is 2.12. The lowest BCUT2D eigenvalue weighted by molar-refractivity contribution is -0.130. The van der Waals surface area contributed by atoms with Gasteiger partial charge in [-0.05, 0) is 30.5 Å². The number of nitrogens with two attached hydrogens (primary N) is 1. The Hall–Kier alpha value is -1.55. The molecule has 1 aromatic carbocycles. The lowest BCUT2D eigenvalue weighted by Crippen LogP contribution is -2.31. The van der Waals surface area contributed by atoms with Crippen LogP contribution < -0.4 is 10.5 Å². The molecule has 0 saturated heterocycles. The summed E-state index contributed by atoms with van der Waals surface area (Å²) in [5.41, 5.74) is 7.91. The van der Waals surface area contributed by atoms with Gasteiger partial charge >= 0.3 is 0 Å². The molecule has 1 amide bonds. The number of amides is 1. The van der Waals surface area contributed by atoms with E-state index < -0.39 is 0 Å². The summed E-state index contributed by atoms with van der Waals surface area (Å²) < 4.78 is 5.30. The fourth-order valence-electron chi connectivity index (χ4n) is 2.00. The van der Waals surface area contributed by atoms with Gasteiger partial charge in [0.2, 0.25) is 5.91 Å². The van der Waals surface area contributed by atoms with Gasteiger partial charge in [0.15, 0.2) is 0 Å². The zero-order valence-electron chi connectivity index (χ0n) is 12.3. The number of hydrogen-bond donors (Lipinski definition) is 1. The molecule has 0 aliphatic heterocycles. The van der Waals surface area contributed by atoms with Crippen LogP contribution >= 0.6 is 0 Å². The largest absolute Gasteiger partial charge is 0.496 e. The lowest BCUT2D eigenvalue weighted by atomic mass is 10.1. The standard InChI is InChI=1S/C15H24N2O2/c1-5-13-9-12(6-7-14(13)19-4)10-17(3)15(18)8-11(2)16/h6-7,9,11H,5,8,10,16H2,1-4H3. The zero-order valence-corrected chi connectivity index (χ0v) is 12.3. The Bertz CT molecular complexity index is 430. The third kappa shape index (κ3) is 4.56. The van der Waals surface area contributed by atoms with Gasteiger partial charge in [-0.15, -0.1) is 0 Å². The van der Waals surface area contributed by atoms with Gasteiger partial charge in [0, 0.05) is 26.1 Å². The quantitative estimate of drug-likeness (QED) is 0.854. The van der Waals surface area contributed by atoms with Crippen molar-refractivity contribution in [2.45, 2.75) is 39.3 Å². The second-order valence-electron chi connectivity index (χ2n) is 4.93. The lowest BCUT2D eigenvalue weighted by Gasteiger charge is -2.19. The van der Waals surface area contributed by atoms with E-state index >= 15 is 0 Å². The number of rotatable bonds is 6. The second-order valence-corrected chi connectivity index (χ2v) is 4.93. The van der Waals surface area contributed by atoms with Gasteiger partial charge in [-0.1, -0.05) is 19.1 Å². The van der Waals surface area contributed by atoms with Gasteiger partial charge in [0.25, 0.3) is 0 Å². The van der Waals surface area contributed by atoms with Crippen molar-refractivity contribution < 1.29 is 9.53 Å².